The maximum Gasteiger partial charge on any atom is -1.00 e. The Morgan fingerprint density at radius 2 is 1.33 bits per heavy atom. The van der Waals surface area contributed by atoms with Gasteiger partial charge in [0.05, 0.1) is 0 Å². The van der Waals surface area contributed by atoms with Crippen molar-refractivity contribution < 1.29 is 12.4 Å². The fourth-order valence-electron chi connectivity index (χ4n) is 0.250. The van der Waals surface area contributed by atoms with E-state index in [4.69, 9.17) is 0 Å². The van der Waals surface area contributed by atoms with E-state index in [2.05, 4.69) is 37.1 Å². The molecule has 0 aromatic rings. The molecule has 0 spiro atoms. The predicted molar refractivity (Wildman–Crippen MR) is 45.6 cm³/mol. The minimum atomic E-state index is 0. The van der Waals surface area contributed by atoms with Gasteiger partial charge in [0.2, 0.25) is 0 Å². The van der Waals surface area contributed by atoms with Gasteiger partial charge >= 0.3 is 28.5 Å². The van der Waals surface area contributed by atoms with E-state index in [-0.39, 0.29) is 12.4 Å². The molecule has 0 unspecified atom stereocenters. The van der Waals surface area contributed by atoms with Gasteiger partial charge in [0.1, 0.15) is 0 Å². The van der Waals surface area contributed by atoms with Crippen molar-refractivity contribution in [3.63, 3.8) is 0 Å². The van der Waals surface area contributed by atoms with Crippen LogP contribution in [0.15, 0.2) is 0 Å². The summed E-state index contributed by atoms with van der Waals surface area (Å²) in [6.07, 6.45) is 2.74. The minimum absolute atomic E-state index is 0. The molecule has 55 valence electrons. The molecule has 0 rings (SSSR count). The van der Waals surface area contributed by atoms with E-state index in [1.165, 1.54) is 26.2 Å². The molecule has 0 fully saturated rings. The molecule has 1 radical (unpaired) electrons. The standard InChI is InChI=1S/C4H11P.C2H5.Al.ClH/c1-3-5-4-2;1-2;;/h5H,3-4H2,1-2H3;1H2,2H3;;1H/q;;+1;/p-1. The normalized spacial score (nSPS) is 6.44. The maximum absolute atomic E-state index is 2.58. The molecule has 0 atom stereocenters. The Morgan fingerprint density at radius 3 is 1.33 bits per heavy atom. The van der Waals surface area contributed by atoms with Crippen LogP contribution in [0.5, 0.6) is 0 Å². The number of halogens is 1. The molecule has 9 heavy (non-hydrogen) atoms. The van der Waals surface area contributed by atoms with E-state index in [0.29, 0.717) is 0 Å². The first-order valence-corrected chi connectivity index (χ1v) is 5.47. The molecule has 0 heterocycles. The topological polar surface area (TPSA) is 0 Å². The third kappa shape index (κ3) is 46.0. The van der Waals surface area contributed by atoms with Crippen molar-refractivity contribution in [3.05, 3.63) is 0 Å². The number of hydrogen-bond acceptors (Lipinski definition) is 0. The van der Waals surface area contributed by atoms with E-state index < -0.39 is 0 Å². The largest absolute Gasteiger partial charge is 1.00 e. The fourth-order valence-corrected chi connectivity index (χ4v) is 0.750. The van der Waals surface area contributed by atoms with Crippen molar-refractivity contribution in [2.75, 3.05) is 12.3 Å². The molecule has 0 aliphatic carbocycles. The Bertz CT molecular complexity index is 27.0. The SMILES string of the molecule is CCPCC.C[CH2][Al+].[Cl-]. The summed E-state index contributed by atoms with van der Waals surface area (Å²) in [5, 5.41) is 1.17. The van der Waals surface area contributed by atoms with Gasteiger partial charge in [-0.2, -0.15) is 0 Å². The van der Waals surface area contributed by atoms with Crippen LogP contribution in [-0.4, -0.2) is 28.6 Å². The summed E-state index contributed by atoms with van der Waals surface area (Å²) in [5.74, 6) is 0. The summed E-state index contributed by atoms with van der Waals surface area (Å²) >= 11 is 2.58. The quantitative estimate of drug-likeness (QED) is 0.391. The van der Waals surface area contributed by atoms with Crippen molar-refractivity contribution in [2.24, 2.45) is 0 Å². The van der Waals surface area contributed by atoms with E-state index >= 15 is 0 Å². The Hall–Kier alpha value is 1.25. The summed E-state index contributed by atoms with van der Waals surface area (Å²) in [6.45, 7) is 6.54. The number of rotatable bonds is 2. The summed E-state index contributed by atoms with van der Waals surface area (Å²) in [4.78, 5) is 0. The van der Waals surface area contributed by atoms with E-state index in [1.54, 1.807) is 0 Å². The third-order valence-corrected chi connectivity index (χ3v) is 1.50. The van der Waals surface area contributed by atoms with Crippen molar-refractivity contribution >= 4 is 24.9 Å². The predicted octanol–water partition coefficient (Wildman–Crippen LogP) is -0.698. The molecular formula is C6H16AlClP. The first-order chi connectivity index (χ1) is 3.83. The minimum Gasteiger partial charge on any atom is -1.00 e. The molecule has 0 N–H and O–H groups in total. The summed E-state index contributed by atoms with van der Waals surface area (Å²) in [6, 6.07) is 0. The molecule has 0 aromatic carbocycles. The molecule has 0 aliphatic heterocycles. The molecule has 0 saturated carbocycles. The molecule has 0 amide bonds. The number of hydrogen-bond donors (Lipinski definition) is 0. The summed E-state index contributed by atoms with van der Waals surface area (Å²) in [5.41, 5.74) is 0. The van der Waals surface area contributed by atoms with Crippen LogP contribution in [0.3, 0.4) is 0 Å². The second-order valence-corrected chi connectivity index (χ2v) is 4.10. The van der Waals surface area contributed by atoms with Gasteiger partial charge in [-0.25, -0.2) is 0 Å². The Balaban J connectivity index is -0.0000000800. The second-order valence-electron chi connectivity index (χ2n) is 1.37. The summed E-state index contributed by atoms with van der Waals surface area (Å²) < 4.78 is 0. The van der Waals surface area contributed by atoms with Crippen LogP contribution in [0.2, 0.25) is 5.28 Å². The fraction of sp³-hybridized carbons (Fsp3) is 1.00. The van der Waals surface area contributed by atoms with Crippen LogP contribution in [0.25, 0.3) is 0 Å². The summed E-state index contributed by atoms with van der Waals surface area (Å²) in [7, 11) is 1.20. The van der Waals surface area contributed by atoms with Gasteiger partial charge in [-0.1, -0.05) is 13.8 Å². The van der Waals surface area contributed by atoms with Crippen molar-refractivity contribution in [2.45, 2.75) is 26.1 Å². The maximum atomic E-state index is 2.58. The van der Waals surface area contributed by atoms with Gasteiger partial charge in [-0.15, -0.1) is 8.58 Å². The Labute approximate surface area is 75.8 Å². The smallest absolute Gasteiger partial charge is 1.00 e. The average Bonchev–Trinajstić information content (AvgIpc) is 1.71. The zero-order valence-corrected chi connectivity index (χ0v) is 9.49. The van der Waals surface area contributed by atoms with Gasteiger partial charge in [0, 0.05) is 0 Å². The van der Waals surface area contributed by atoms with Gasteiger partial charge in [-0.05, 0) is 12.3 Å². The van der Waals surface area contributed by atoms with Crippen LogP contribution >= 0.6 is 8.58 Å². The molecule has 0 aliphatic rings. The van der Waals surface area contributed by atoms with E-state index in [0.717, 1.165) is 0 Å². The van der Waals surface area contributed by atoms with E-state index in [9.17, 15) is 0 Å². The molecule has 0 saturated heterocycles. The Morgan fingerprint density at radius 1 is 1.11 bits per heavy atom. The molecule has 3 heteroatoms. The third-order valence-electron chi connectivity index (χ3n) is 0.500. The van der Waals surface area contributed by atoms with Crippen LogP contribution in [0.4, 0.5) is 0 Å². The van der Waals surface area contributed by atoms with Gasteiger partial charge in [0.25, 0.3) is 0 Å². The van der Waals surface area contributed by atoms with Crippen LogP contribution in [-0.2, 0) is 0 Å². The zero-order valence-electron chi connectivity index (χ0n) is 6.58. The zero-order chi connectivity index (χ0) is 6.83. The van der Waals surface area contributed by atoms with Gasteiger partial charge in [-0.3, -0.25) is 0 Å². The molecule has 0 aromatic heterocycles. The van der Waals surface area contributed by atoms with Gasteiger partial charge < -0.3 is 12.4 Å². The molecular weight excluding hydrogens is 165 g/mol. The van der Waals surface area contributed by atoms with Crippen LogP contribution < -0.4 is 12.4 Å². The first-order valence-electron chi connectivity index (χ1n) is 3.24. The first kappa shape index (κ1) is 16.7. The van der Waals surface area contributed by atoms with Crippen LogP contribution in [0, 0.1) is 0 Å². The van der Waals surface area contributed by atoms with Crippen molar-refractivity contribution in [3.8, 4) is 0 Å². The monoisotopic (exact) mass is 181 g/mol. The van der Waals surface area contributed by atoms with Crippen LogP contribution in [0.1, 0.15) is 20.8 Å². The van der Waals surface area contributed by atoms with Gasteiger partial charge in [0.15, 0.2) is 0 Å². The second kappa shape index (κ2) is 22.8. The van der Waals surface area contributed by atoms with Crippen molar-refractivity contribution in [1.82, 2.24) is 0 Å². The van der Waals surface area contributed by atoms with Crippen molar-refractivity contribution in [1.29, 1.82) is 0 Å². The molecule has 0 nitrogen and oxygen atoms in total. The molecule has 0 bridgehead atoms. The Kier molecular flexibility index (Phi) is 42.3. The average molecular weight is 182 g/mol. The van der Waals surface area contributed by atoms with E-state index in [1.807, 2.05) is 0 Å².